The zero-order valence-electron chi connectivity index (χ0n) is 10.8. The predicted octanol–water partition coefficient (Wildman–Crippen LogP) is 4.83. The number of nitrogens with zero attached hydrogens (tertiary/aromatic N) is 1. The van der Waals surface area contributed by atoms with Crippen molar-refractivity contribution in [1.82, 2.24) is 4.98 Å². The van der Waals surface area contributed by atoms with Crippen molar-refractivity contribution in [2.24, 2.45) is 0 Å². The van der Waals surface area contributed by atoms with Crippen LogP contribution in [0.5, 0.6) is 11.5 Å². The molecule has 1 aromatic heterocycles. The summed E-state index contributed by atoms with van der Waals surface area (Å²) in [4.78, 5) is 4.59. The topological polar surface area (TPSA) is 42.4 Å². The minimum Gasteiger partial charge on any atom is -0.507 e. The molecule has 102 valence electrons. The molecule has 1 heterocycles. The van der Waals surface area contributed by atoms with Crippen LogP contribution in [0.25, 0.3) is 20.8 Å². The first-order chi connectivity index (χ1) is 9.67. The molecule has 3 nitrogen and oxygen atoms in total. The van der Waals surface area contributed by atoms with E-state index >= 15 is 0 Å². The molecule has 0 atom stereocenters. The molecule has 3 rings (SSSR count). The number of hydrogen-bond donors (Lipinski definition) is 1. The first-order valence-corrected chi connectivity index (χ1v) is 7.80. The number of aromatic nitrogens is 1. The molecule has 0 aliphatic heterocycles. The Morgan fingerprint density at radius 1 is 1.25 bits per heavy atom. The highest BCUT2D eigenvalue weighted by molar-refractivity contribution is 9.10. The van der Waals surface area contributed by atoms with Gasteiger partial charge in [-0.1, -0.05) is 6.07 Å². The number of halogens is 1. The number of rotatable bonds is 3. The summed E-state index contributed by atoms with van der Waals surface area (Å²) in [5, 5.41) is 10.6. The van der Waals surface area contributed by atoms with Crippen LogP contribution in [0.15, 0.2) is 40.9 Å². The van der Waals surface area contributed by atoms with Crippen LogP contribution in [0.2, 0.25) is 0 Å². The summed E-state index contributed by atoms with van der Waals surface area (Å²) in [6, 6.07) is 11.4. The van der Waals surface area contributed by atoms with Gasteiger partial charge >= 0.3 is 0 Å². The lowest BCUT2D eigenvalue weighted by atomic mass is 10.2. The molecule has 20 heavy (non-hydrogen) atoms. The Balaban J connectivity index is 2.05. The van der Waals surface area contributed by atoms with Crippen molar-refractivity contribution >= 4 is 37.5 Å². The lowest BCUT2D eigenvalue weighted by molar-refractivity contribution is 0.341. The summed E-state index contributed by atoms with van der Waals surface area (Å²) in [6.45, 7) is 2.62. The smallest absolute Gasteiger partial charge is 0.130 e. The molecule has 2 aromatic carbocycles. The van der Waals surface area contributed by atoms with Gasteiger partial charge in [-0.15, -0.1) is 11.3 Å². The van der Waals surface area contributed by atoms with Crippen LogP contribution in [0.3, 0.4) is 0 Å². The Hall–Kier alpha value is -1.59. The van der Waals surface area contributed by atoms with Gasteiger partial charge in [0.1, 0.15) is 16.5 Å². The van der Waals surface area contributed by atoms with Crippen LogP contribution in [0.4, 0.5) is 0 Å². The Labute approximate surface area is 129 Å². The summed E-state index contributed by atoms with van der Waals surface area (Å²) in [5.41, 5.74) is 1.85. The molecule has 0 bridgehead atoms. The van der Waals surface area contributed by atoms with Crippen molar-refractivity contribution < 1.29 is 9.84 Å². The molecule has 5 heteroatoms. The summed E-state index contributed by atoms with van der Waals surface area (Å²) < 4.78 is 7.26. The van der Waals surface area contributed by atoms with Crippen LogP contribution in [0, 0.1) is 0 Å². The van der Waals surface area contributed by atoms with Gasteiger partial charge in [-0.2, -0.15) is 0 Å². The molecule has 0 saturated heterocycles. The zero-order chi connectivity index (χ0) is 14.1. The maximum atomic E-state index is 9.76. The fraction of sp³-hybridized carbons (Fsp3) is 0.133. The predicted molar refractivity (Wildman–Crippen MR) is 85.6 cm³/mol. The minimum absolute atomic E-state index is 0.219. The van der Waals surface area contributed by atoms with Gasteiger partial charge in [0.15, 0.2) is 0 Å². The maximum absolute atomic E-state index is 9.76. The van der Waals surface area contributed by atoms with Crippen molar-refractivity contribution in [3.05, 3.63) is 40.9 Å². The molecule has 0 unspecified atom stereocenters. The number of ether oxygens (including phenoxy) is 1. The molecular weight excluding hydrogens is 338 g/mol. The number of phenolic OH excluding ortho intramolecular Hbond substituents is 1. The van der Waals surface area contributed by atoms with E-state index < -0.39 is 0 Å². The third-order valence-electron chi connectivity index (χ3n) is 2.86. The first-order valence-electron chi connectivity index (χ1n) is 6.19. The summed E-state index contributed by atoms with van der Waals surface area (Å²) in [5.74, 6) is 1.07. The average Bonchev–Trinajstić information content (AvgIpc) is 2.85. The maximum Gasteiger partial charge on any atom is 0.130 e. The van der Waals surface area contributed by atoms with E-state index in [2.05, 4.69) is 20.9 Å². The monoisotopic (exact) mass is 349 g/mol. The largest absolute Gasteiger partial charge is 0.507 e. The van der Waals surface area contributed by atoms with Gasteiger partial charge in [0.25, 0.3) is 0 Å². The molecule has 0 radical (unpaired) electrons. The SMILES string of the molecule is CCOc1ccc2nc(-c3ccc(Br)c(O)c3)sc2c1. The number of phenols is 1. The van der Waals surface area contributed by atoms with Gasteiger partial charge in [0.2, 0.25) is 0 Å². The van der Waals surface area contributed by atoms with Crippen molar-refractivity contribution in [3.8, 4) is 22.1 Å². The van der Waals surface area contributed by atoms with Crippen molar-refractivity contribution in [1.29, 1.82) is 0 Å². The van der Waals surface area contributed by atoms with E-state index in [0.29, 0.717) is 11.1 Å². The van der Waals surface area contributed by atoms with Gasteiger partial charge in [0.05, 0.1) is 21.3 Å². The minimum atomic E-state index is 0.219. The molecule has 0 fully saturated rings. The third kappa shape index (κ3) is 2.51. The number of fused-ring (bicyclic) bond motifs is 1. The quantitative estimate of drug-likeness (QED) is 0.736. The first kappa shape index (κ1) is 13.4. The average molecular weight is 350 g/mol. The third-order valence-corrected chi connectivity index (χ3v) is 4.60. The summed E-state index contributed by atoms with van der Waals surface area (Å²) in [6.07, 6.45) is 0. The van der Waals surface area contributed by atoms with Crippen molar-refractivity contribution in [3.63, 3.8) is 0 Å². The van der Waals surface area contributed by atoms with E-state index in [9.17, 15) is 5.11 Å². The molecule has 0 spiro atoms. The van der Waals surface area contributed by atoms with E-state index in [1.54, 1.807) is 17.4 Å². The highest BCUT2D eigenvalue weighted by Gasteiger charge is 2.09. The molecular formula is C15H12BrNO2S. The second-order valence-electron chi connectivity index (χ2n) is 4.25. The highest BCUT2D eigenvalue weighted by atomic mass is 79.9. The fourth-order valence-electron chi connectivity index (χ4n) is 1.93. The van der Waals surface area contributed by atoms with E-state index in [-0.39, 0.29) is 5.75 Å². The van der Waals surface area contributed by atoms with Crippen LogP contribution in [-0.2, 0) is 0 Å². The van der Waals surface area contributed by atoms with Crippen molar-refractivity contribution in [2.45, 2.75) is 6.92 Å². The van der Waals surface area contributed by atoms with E-state index in [4.69, 9.17) is 4.74 Å². The normalized spacial score (nSPS) is 10.9. The zero-order valence-corrected chi connectivity index (χ0v) is 13.2. The lowest BCUT2D eigenvalue weighted by Gasteiger charge is -2.00. The molecule has 0 amide bonds. The van der Waals surface area contributed by atoms with E-state index in [1.807, 2.05) is 37.3 Å². The van der Waals surface area contributed by atoms with E-state index in [0.717, 1.165) is 26.5 Å². The Kier molecular flexibility index (Phi) is 3.63. The second kappa shape index (κ2) is 5.42. The molecule has 0 aliphatic carbocycles. The van der Waals surface area contributed by atoms with Crippen LogP contribution in [-0.4, -0.2) is 16.7 Å². The number of aromatic hydroxyl groups is 1. The van der Waals surface area contributed by atoms with Gasteiger partial charge in [-0.25, -0.2) is 4.98 Å². The Morgan fingerprint density at radius 2 is 2.10 bits per heavy atom. The number of thiazole rings is 1. The molecule has 1 N–H and O–H groups in total. The highest BCUT2D eigenvalue weighted by Crippen LogP contribution is 2.35. The van der Waals surface area contributed by atoms with Crippen LogP contribution < -0.4 is 4.74 Å². The Morgan fingerprint density at radius 3 is 2.85 bits per heavy atom. The molecule has 3 aromatic rings. The van der Waals surface area contributed by atoms with Gasteiger partial charge in [-0.3, -0.25) is 0 Å². The van der Waals surface area contributed by atoms with Crippen LogP contribution >= 0.6 is 27.3 Å². The fourth-order valence-corrected chi connectivity index (χ4v) is 3.17. The lowest BCUT2D eigenvalue weighted by Crippen LogP contribution is -1.89. The molecule has 0 aliphatic rings. The second-order valence-corrected chi connectivity index (χ2v) is 6.13. The number of hydrogen-bond acceptors (Lipinski definition) is 4. The summed E-state index contributed by atoms with van der Waals surface area (Å²) >= 11 is 4.87. The molecule has 0 saturated carbocycles. The van der Waals surface area contributed by atoms with Gasteiger partial charge in [0, 0.05) is 5.56 Å². The summed E-state index contributed by atoms with van der Waals surface area (Å²) in [7, 11) is 0. The van der Waals surface area contributed by atoms with Gasteiger partial charge < -0.3 is 9.84 Å². The van der Waals surface area contributed by atoms with Gasteiger partial charge in [-0.05, 0) is 53.2 Å². The standard InChI is InChI=1S/C15H12BrNO2S/c1-2-19-10-4-6-12-14(8-10)20-15(17-12)9-3-5-11(16)13(18)7-9/h3-8,18H,2H2,1H3. The van der Waals surface area contributed by atoms with E-state index in [1.165, 1.54) is 0 Å². The van der Waals surface area contributed by atoms with Crippen LogP contribution in [0.1, 0.15) is 6.92 Å². The number of benzene rings is 2. The Bertz CT molecular complexity index is 770. The van der Waals surface area contributed by atoms with Crippen molar-refractivity contribution in [2.75, 3.05) is 6.61 Å².